The van der Waals surface area contributed by atoms with Crippen molar-refractivity contribution in [2.24, 2.45) is 0 Å². The Morgan fingerprint density at radius 3 is 1.75 bits per heavy atom. The summed E-state index contributed by atoms with van der Waals surface area (Å²) in [5.41, 5.74) is 0. The second-order valence-corrected chi connectivity index (χ2v) is 2.43. The molecule has 0 unspecified atom stereocenters. The third-order valence-corrected chi connectivity index (χ3v) is 1.46. The lowest BCUT2D eigenvalue weighted by molar-refractivity contribution is 0.391. The summed E-state index contributed by atoms with van der Waals surface area (Å²) in [5, 5.41) is 0. The van der Waals surface area contributed by atoms with E-state index in [1.54, 1.807) is 0 Å². The van der Waals surface area contributed by atoms with Gasteiger partial charge in [0.05, 0.1) is 6.67 Å². The molecule has 3 heteroatoms. The van der Waals surface area contributed by atoms with Crippen LogP contribution in [0.4, 0.5) is 0 Å². The number of hydrogen-bond acceptors (Lipinski definition) is 2. The summed E-state index contributed by atoms with van der Waals surface area (Å²) < 4.78 is 0. The fraction of sp³-hybridized carbons (Fsp3) is 0.333. The average Bonchev–Trinajstić information content (AvgIpc) is 2.38. The second-order valence-electron chi connectivity index (χ2n) is 2.43. The molecule has 0 amide bonds. The fourth-order valence-corrected chi connectivity index (χ4v) is 1.03. The Bertz CT molecular complexity index is 177. The zero-order valence-electron chi connectivity index (χ0n) is 7.47. The van der Waals surface area contributed by atoms with E-state index in [-0.39, 0.29) is 17.0 Å². The number of hydrogen-bond donors (Lipinski definition) is 0. The predicted octanol–water partition coefficient (Wildman–Crippen LogP) is 2.68. The smallest absolute Gasteiger partial charge is 0.0977 e. The Labute approximate surface area is 84.6 Å². The Hall–Kier alpha value is -0.700. The van der Waals surface area contributed by atoms with Gasteiger partial charge in [-0.3, -0.25) is 0 Å². The van der Waals surface area contributed by atoms with Crippen molar-refractivity contribution in [2.45, 2.75) is 13.8 Å². The van der Waals surface area contributed by atoms with Crippen LogP contribution in [0.2, 0.25) is 0 Å². The molecule has 0 fully saturated rings. The molecular formula is C9H15BrN2. The summed E-state index contributed by atoms with van der Waals surface area (Å²) in [7, 11) is 0. The van der Waals surface area contributed by atoms with Crippen molar-refractivity contribution < 1.29 is 0 Å². The first kappa shape index (κ1) is 11.3. The van der Waals surface area contributed by atoms with Gasteiger partial charge in [0.2, 0.25) is 0 Å². The molecule has 0 radical (unpaired) electrons. The molecule has 0 bridgehead atoms. The molecule has 0 atom stereocenters. The van der Waals surface area contributed by atoms with Crippen molar-refractivity contribution in [2.75, 3.05) is 6.67 Å². The molecule has 1 heterocycles. The van der Waals surface area contributed by atoms with Crippen LogP contribution in [0.15, 0.2) is 37.0 Å². The predicted molar refractivity (Wildman–Crippen MR) is 57.6 cm³/mol. The largest absolute Gasteiger partial charge is 0.335 e. The zero-order valence-corrected chi connectivity index (χ0v) is 9.19. The van der Waals surface area contributed by atoms with E-state index in [0.29, 0.717) is 0 Å². The van der Waals surface area contributed by atoms with Gasteiger partial charge < -0.3 is 9.80 Å². The minimum Gasteiger partial charge on any atom is -0.335 e. The SMILES string of the molecule is Br.CC=CN1C=CN(C=CC)C1. The Balaban J connectivity index is 0.00000121. The van der Waals surface area contributed by atoms with Gasteiger partial charge >= 0.3 is 0 Å². The first-order valence-electron chi connectivity index (χ1n) is 3.82. The van der Waals surface area contributed by atoms with Gasteiger partial charge in [-0.1, -0.05) is 12.2 Å². The average molecular weight is 231 g/mol. The van der Waals surface area contributed by atoms with Crippen LogP contribution in [0.3, 0.4) is 0 Å². The second kappa shape index (κ2) is 5.89. The van der Waals surface area contributed by atoms with Crippen molar-refractivity contribution >= 4 is 17.0 Å². The van der Waals surface area contributed by atoms with Gasteiger partial charge in [-0.2, -0.15) is 0 Å². The van der Waals surface area contributed by atoms with Crippen molar-refractivity contribution in [1.29, 1.82) is 0 Å². The molecule has 0 N–H and O–H groups in total. The normalized spacial score (nSPS) is 16.5. The van der Waals surface area contributed by atoms with Crippen LogP contribution >= 0.6 is 17.0 Å². The molecule has 1 aliphatic rings. The highest BCUT2D eigenvalue weighted by molar-refractivity contribution is 8.93. The molecule has 1 aliphatic heterocycles. The van der Waals surface area contributed by atoms with Crippen molar-refractivity contribution in [3.63, 3.8) is 0 Å². The van der Waals surface area contributed by atoms with E-state index < -0.39 is 0 Å². The summed E-state index contributed by atoms with van der Waals surface area (Å²) in [6.07, 6.45) is 12.3. The lowest BCUT2D eigenvalue weighted by atomic mass is 10.6. The highest BCUT2D eigenvalue weighted by Gasteiger charge is 2.04. The molecule has 0 spiro atoms. The molecule has 0 saturated carbocycles. The minimum absolute atomic E-state index is 0. The lowest BCUT2D eigenvalue weighted by Crippen LogP contribution is -2.16. The fourth-order valence-electron chi connectivity index (χ4n) is 1.03. The molecule has 0 aromatic rings. The van der Waals surface area contributed by atoms with Gasteiger partial charge in [0.1, 0.15) is 0 Å². The Morgan fingerprint density at radius 2 is 1.42 bits per heavy atom. The van der Waals surface area contributed by atoms with E-state index in [4.69, 9.17) is 0 Å². The van der Waals surface area contributed by atoms with Crippen LogP contribution in [0.1, 0.15) is 13.8 Å². The summed E-state index contributed by atoms with van der Waals surface area (Å²) in [6, 6.07) is 0. The van der Waals surface area contributed by atoms with E-state index in [1.807, 2.05) is 26.0 Å². The maximum absolute atomic E-state index is 2.12. The summed E-state index contributed by atoms with van der Waals surface area (Å²) >= 11 is 0. The van der Waals surface area contributed by atoms with Crippen LogP contribution in [-0.4, -0.2) is 16.5 Å². The summed E-state index contributed by atoms with van der Waals surface area (Å²) in [6.45, 7) is 4.97. The number of allylic oxidation sites excluding steroid dienone is 2. The maximum atomic E-state index is 2.12. The highest BCUT2D eigenvalue weighted by Crippen LogP contribution is 2.06. The topological polar surface area (TPSA) is 6.48 Å². The van der Waals surface area contributed by atoms with Crippen LogP contribution in [-0.2, 0) is 0 Å². The quantitative estimate of drug-likeness (QED) is 0.720. The lowest BCUT2D eigenvalue weighted by Gasteiger charge is -2.13. The van der Waals surface area contributed by atoms with Crippen molar-refractivity contribution in [3.05, 3.63) is 37.0 Å². The zero-order chi connectivity index (χ0) is 8.10. The van der Waals surface area contributed by atoms with E-state index in [1.165, 1.54) is 0 Å². The molecule has 0 saturated heterocycles. The highest BCUT2D eigenvalue weighted by atomic mass is 79.9. The van der Waals surface area contributed by atoms with Crippen LogP contribution in [0.25, 0.3) is 0 Å². The molecule has 12 heavy (non-hydrogen) atoms. The van der Waals surface area contributed by atoms with E-state index in [0.717, 1.165) is 6.67 Å². The van der Waals surface area contributed by atoms with Gasteiger partial charge in [0.25, 0.3) is 0 Å². The van der Waals surface area contributed by atoms with E-state index in [2.05, 4.69) is 34.6 Å². The van der Waals surface area contributed by atoms with Crippen molar-refractivity contribution in [3.8, 4) is 0 Å². The first-order chi connectivity index (χ1) is 5.36. The molecular weight excluding hydrogens is 216 g/mol. The third-order valence-electron chi connectivity index (χ3n) is 1.46. The van der Waals surface area contributed by atoms with Gasteiger partial charge in [-0.15, -0.1) is 17.0 Å². The number of halogens is 1. The van der Waals surface area contributed by atoms with E-state index >= 15 is 0 Å². The molecule has 0 aliphatic carbocycles. The molecule has 2 nitrogen and oxygen atoms in total. The molecule has 0 aromatic heterocycles. The van der Waals surface area contributed by atoms with E-state index in [9.17, 15) is 0 Å². The summed E-state index contributed by atoms with van der Waals surface area (Å²) in [5.74, 6) is 0. The summed E-state index contributed by atoms with van der Waals surface area (Å²) in [4.78, 5) is 4.25. The van der Waals surface area contributed by atoms with Gasteiger partial charge in [-0.25, -0.2) is 0 Å². The minimum atomic E-state index is 0. The molecule has 0 aromatic carbocycles. The monoisotopic (exact) mass is 230 g/mol. The van der Waals surface area contributed by atoms with Gasteiger partial charge in [-0.05, 0) is 13.8 Å². The standard InChI is InChI=1S/C9H14N2.BrH/c1-3-5-10-7-8-11(9-10)6-4-2;/h3-8H,9H2,1-2H3;1H. The Kier molecular flexibility index (Phi) is 5.54. The molecule has 68 valence electrons. The number of nitrogens with zero attached hydrogens (tertiary/aromatic N) is 2. The van der Waals surface area contributed by atoms with Gasteiger partial charge in [0, 0.05) is 24.8 Å². The van der Waals surface area contributed by atoms with Gasteiger partial charge in [0.15, 0.2) is 0 Å². The van der Waals surface area contributed by atoms with Crippen LogP contribution in [0, 0.1) is 0 Å². The first-order valence-corrected chi connectivity index (χ1v) is 3.82. The van der Waals surface area contributed by atoms with Crippen molar-refractivity contribution in [1.82, 2.24) is 9.80 Å². The molecule has 1 rings (SSSR count). The Morgan fingerprint density at radius 1 is 1.00 bits per heavy atom. The maximum Gasteiger partial charge on any atom is 0.0977 e. The van der Waals surface area contributed by atoms with Crippen LogP contribution < -0.4 is 0 Å². The number of rotatable bonds is 2. The van der Waals surface area contributed by atoms with Crippen LogP contribution in [0.5, 0.6) is 0 Å². The third kappa shape index (κ3) is 3.13.